The number of alkyl halides is 3. The summed E-state index contributed by atoms with van der Waals surface area (Å²) in [5, 5.41) is 5.66. The molecule has 1 aromatic carbocycles. The lowest BCUT2D eigenvalue weighted by Gasteiger charge is -2.29. The summed E-state index contributed by atoms with van der Waals surface area (Å²) in [6.45, 7) is 0.783. The molecule has 2 aromatic rings. The molecular weight excluding hydrogens is 389 g/mol. The topological polar surface area (TPSA) is 58.0 Å². The Labute approximate surface area is 147 Å². The Kier molecular flexibility index (Phi) is 5.92. The number of H-pyrrole nitrogens is 1. The second-order valence-electron chi connectivity index (χ2n) is 5.89. The van der Waals surface area contributed by atoms with Crippen molar-refractivity contribution in [2.75, 3.05) is 6.54 Å². The van der Waals surface area contributed by atoms with Crippen molar-refractivity contribution in [1.29, 1.82) is 0 Å². The van der Waals surface area contributed by atoms with E-state index in [0.717, 1.165) is 37.1 Å². The molecule has 0 unspecified atom stereocenters. The minimum Gasteiger partial charge on any atom is -0.383 e. The Balaban J connectivity index is 0.00000208. The van der Waals surface area contributed by atoms with Gasteiger partial charge in [0.1, 0.15) is 5.76 Å². The Morgan fingerprint density at radius 3 is 2.50 bits per heavy atom. The van der Waals surface area contributed by atoms with Crippen LogP contribution in [0.2, 0.25) is 0 Å². The summed E-state index contributed by atoms with van der Waals surface area (Å²) >= 11 is 0. The summed E-state index contributed by atoms with van der Waals surface area (Å²) < 4.78 is 42.9. The quantitative estimate of drug-likeness (QED) is 0.817. The van der Waals surface area contributed by atoms with Gasteiger partial charge in [0.2, 0.25) is 0 Å². The van der Waals surface area contributed by atoms with Crippen LogP contribution in [0.1, 0.15) is 35.6 Å². The van der Waals surface area contributed by atoms with E-state index in [0.29, 0.717) is 12.2 Å². The van der Waals surface area contributed by atoms with E-state index in [-0.39, 0.29) is 34.5 Å². The molecule has 0 spiro atoms. The van der Waals surface area contributed by atoms with E-state index in [2.05, 4.69) is 10.5 Å². The fourth-order valence-corrected chi connectivity index (χ4v) is 3.03. The van der Waals surface area contributed by atoms with E-state index < -0.39 is 11.7 Å². The van der Waals surface area contributed by atoms with Crippen LogP contribution >= 0.6 is 17.0 Å². The van der Waals surface area contributed by atoms with Gasteiger partial charge in [0, 0.05) is 18.0 Å². The van der Waals surface area contributed by atoms with Crippen LogP contribution in [0.5, 0.6) is 0 Å². The van der Waals surface area contributed by atoms with E-state index in [1.165, 1.54) is 18.2 Å². The van der Waals surface area contributed by atoms with Crippen molar-refractivity contribution in [2.24, 2.45) is 0 Å². The normalized spacial score (nSPS) is 21.3. The van der Waals surface area contributed by atoms with Crippen LogP contribution in [0, 0.1) is 0 Å². The lowest BCUT2D eigenvalue weighted by Crippen LogP contribution is -2.38. The predicted molar refractivity (Wildman–Crippen MR) is 88.6 cm³/mol. The summed E-state index contributed by atoms with van der Waals surface area (Å²) in [4.78, 5) is 11.2. The predicted octanol–water partition coefficient (Wildman–Crippen LogP) is 3.64. The second-order valence-corrected chi connectivity index (χ2v) is 5.89. The molecule has 1 aromatic heterocycles. The van der Waals surface area contributed by atoms with Crippen molar-refractivity contribution in [2.45, 2.75) is 37.4 Å². The largest absolute Gasteiger partial charge is 0.416 e. The summed E-state index contributed by atoms with van der Waals surface area (Å²) in [5.74, 6) is 0.795. The van der Waals surface area contributed by atoms with Gasteiger partial charge in [-0.2, -0.15) is 18.3 Å². The molecule has 3 rings (SSSR count). The van der Waals surface area contributed by atoms with E-state index >= 15 is 0 Å². The van der Waals surface area contributed by atoms with Gasteiger partial charge in [-0.3, -0.25) is 4.79 Å². The number of aromatic amines is 1. The molecule has 2 heterocycles. The van der Waals surface area contributed by atoms with Gasteiger partial charge < -0.3 is 9.84 Å². The van der Waals surface area contributed by atoms with Gasteiger partial charge in [-0.15, -0.1) is 17.0 Å². The summed E-state index contributed by atoms with van der Waals surface area (Å²) in [6, 6.07) is 6.87. The maximum absolute atomic E-state index is 12.6. The third kappa shape index (κ3) is 4.51. The first-order valence-electron chi connectivity index (χ1n) is 7.50. The molecule has 0 radical (unpaired) electrons. The lowest BCUT2D eigenvalue weighted by atomic mass is 9.87. The maximum Gasteiger partial charge on any atom is 0.416 e. The SMILES string of the molecule is Br.O=c1cc([C@@H]2CCN[C@@H](Cc3ccc(C(F)(F)F)cc3)C2)o[nH]1. The number of hydrogen-bond donors (Lipinski definition) is 2. The number of hydrogen-bond acceptors (Lipinski definition) is 3. The molecule has 0 aliphatic carbocycles. The zero-order valence-corrected chi connectivity index (χ0v) is 14.4. The van der Waals surface area contributed by atoms with Gasteiger partial charge >= 0.3 is 6.18 Å². The van der Waals surface area contributed by atoms with Gasteiger partial charge in [-0.25, -0.2) is 0 Å². The monoisotopic (exact) mass is 406 g/mol. The number of halogens is 4. The summed E-state index contributed by atoms with van der Waals surface area (Å²) in [7, 11) is 0. The molecule has 2 N–H and O–H groups in total. The first-order valence-corrected chi connectivity index (χ1v) is 7.50. The first kappa shape index (κ1) is 18.8. The molecule has 1 aliphatic rings. The first-order chi connectivity index (χ1) is 10.9. The van der Waals surface area contributed by atoms with E-state index in [4.69, 9.17) is 4.52 Å². The molecule has 2 atom stereocenters. The Bertz CT molecular complexity index is 709. The van der Waals surface area contributed by atoms with Crippen LogP contribution < -0.4 is 10.9 Å². The average Bonchev–Trinajstić information content (AvgIpc) is 2.94. The zero-order chi connectivity index (χ0) is 16.4. The number of piperidine rings is 1. The van der Waals surface area contributed by atoms with Crippen LogP contribution in [0.4, 0.5) is 13.2 Å². The third-order valence-electron chi connectivity index (χ3n) is 4.20. The van der Waals surface area contributed by atoms with Gasteiger partial charge in [0.15, 0.2) is 0 Å². The van der Waals surface area contributed by atoms with Crippen molar-refractivity contribution in [3.05, 3.63) is 57.6 Å². The highest BCUT2D eigenvalue weighted by Crippen LogP contribution is 2.30. The van der Waals surface area contributed by atoms with Gasteiger partial charge in [-0.1, -0.05) is 12.1 Å². The smallest absolute Gasteiger partial charge is 0.383 e. The second kappa shape index (κ2) is 7.57. The maximum atomic E-state index is 12.6. The van der Waals surface area contributed by atoms with Crippen LogP contribution in [-0.2, 0) is 12.6 Å². The molecule has 132 valence electrons. The standard InChI is InChI=1S/C16H17F3N2O2.BrH/c17-16(18,19)12-3-1-10(2-4-12)7-13-8-11(5-6-20-13)14-9-15(22)21-23-14;/h1-4,9,11,13,20H,5-8H2,(H,21,22);1H/t11-,13+;/m1./s1. The Hall–Kier alpha value is -1.54. The van der Waals surface area contributed by atoms with Crippen LogP contribution in [0.15, 0.2) is 39.6 Å². The molecule has 24 heavy (non-hydrogen) atoms. The van der Waals surface area contributed by atoms with Gasteiger partial charge in [0.05, 0.1) is 5.56 Å². The van der Waals surface area contributed by atoms with Crippen molar-refractivity contribution in [1.82, 2.24) is 10.5 Å². The fourth-order valence-electron chi connectivity index (χ4n) is 3.03. The van der Waals surface area contributed by atoms with Gasteiger partial charge in [0.25, 0.3) is 5.56 Å². The highest BCUT2D eigenvalue weighted by atomic mass is 79.9. The number of benzene rings is 1. The number of aromatic nitrogens is 1. The minimum absolute atomic E-state index is 0. The van der Waals surface area contributed by atoms with E-state index in [1.54, 1.807) is 0 Å². The highest BCUT2D eigenvalue weighted by Gasteiger charge is 2.30. The molecular formula is C16H18BrF3N2O2. The molecule has 8 heteroatoms. The molecule has 1 aliphatic heterocycles. The van der Waals surface area contributed by atoms with Crippen LogP contribution in [0.25, 0.3) is 0 Å². The molecule has 4 nitrogen and oxygen atoms in total. The van der Waals surface area contributed by atoms with Crippen molar-refractivity contribution in [3.63, 3.8) is 0 Å². The molecule has 0 amide bonds. The summed E-state index contributed by atoms with van der Waals surface area (Å²) in [6.07, 6.45) is -2.02. The number of nitrogens with one attached hydrogen (secondary N) is 2. The number of rotatable bonds is 3. The third-order valence-corrected chi connectivity index (χ3v) is 4.20. The Morgan fingerprint density at radius 2 is 1.92 bits per heavy atom. The minimum atomic E-state index is -4.31. The summed E-state index contributed by atoms with van der Waals surface area (Å²) in [5.41, 5.74) is -0.0330. The molecule has 0 saturated carbocycles. The van der Waals surface area contributed by atoms with Crippen LogP contribution in [0.3, 0.4) is 0 Å². The van der Waals surface area contributed by atoms with Crippen molar-refractivity contribution < 1.29 is 17.7 Å². The highest BCUT2D eigenvalue weighted by molar-refractivity contribution is 8.93. The zero-order valence-electron chi connectivity index (χ0n) is 12.7. The fraction of sp³-hybridized carbons (Fsp3) is 0.438. The van der Waals surface area contributed by atoms with Crippen molar-refractivity contribution in [3.8, 4) is 0 Å². The average molecular weight is 407 g/mol. The van der Waals surface area contributed by atoms with Crippen molar-refractivity contribution >= 4 is 17.0 Å². The molecule has 1 fully saturated rings. The Morgan fingerprint density at radius 1 is 1.21 bits per heavy atom. The molecule has 1 saturated heterocycles. The van der Waals surface area contributed by atoms with E-state index in [9.17, 15) is 18.0 Å². The lowest BCUT2D eigenvalue weighted by molar-refractivity contribution is -0.137. The van der Waals surface area contributed by atoms with E-state index in [1.807, 2.05) is 0 Å². The van der Waals surface area contributed by atoms with Crippen LogP contribution in [-0.4, -0.2) is 17.7 Å². The van der Waals surface area contributed by atoms with Gasteiger partial charge in [-0.05, 0) is 43.5 Å². The molecule has 0 bridgehead atoms.